The summed E-state index contributed by atoms with van der Waals surface area (Å²) in [6.07, 6.45) is 1.48. The van der Waals surface area contributed by atoms with Gasteiger partial charge in [-0.1, -0.05) is 12.1 Å². The predicted octanol–water partition coefficient (Wildman–Crippen LogP) is 2.92. The number of aromatic nitrogens is 1. The van der Waals surface area contributed by atoms with Crippen LogP contribution >= 0.6 is 0 Å². The van der Waals surface area contributed by atoms with Crippen LogP contribution in [0.15, 0.2) is 36.5 Å². The summed E-state index contributed by atoms with van der Waals surface area (Å²) >= 11 is 0. The number of nitrogens with zero attached hydrogens (tertiary/aromatic N) is 2. The second-order valence-electron chi connectivity index (χ2n) is 4.75. The number of rotatable bonds is 4. The summed E-state index contributed by atoms with van der Waals surface area (Å²) in [5.41, 5.74) is 8.59. The molecular formula is C16H19N3O2. The van der Waals surface area contributed by atoms with Crippen molar-refractivity contribution < 1.29 is 9.53 Å². The molecule has 0 spiro atoms. The smallest absolute Gasteiger partial charge is 0.340 e. The van der Waals surface area contributed by atoms with Crippen LogP contribution < -0.4 is 10.6 Å². The topological polar surface area (TPSA) is 68.5 Å². The van der Waals surface area contributed by atoms with Crippen LogP contribution in [0.2, 0.25) is 0 Å². The van der Waals surface area contributed by atoms with E-state index in [-0.39, 0.29) is 0 Å². The molecule has 110 valence electrons. The molecule has 0 radical (unpaired) electrons. The van der Waals surface area contributed by atoms with Gasteiger partial charge in [-0.3, -0.25) is 0 Å². The lowest BCUT2D eigenvalue weighted by molar-refractivity contribution is 0.0527. The SMILES string of the molecule is CCOC(=O)c1cc(N(C)c2cccc(C)c2)ncc1N. The van der Waals surface area contributed by atoms with Crippen molar-refractivity contribution in [3.8, 4) is 0 Å². The van der Waals surface area contributed by atoms with Gasteiger partial charge in [0.05, 0.1) is 24.1 Å². The first-order valence-corrected chi connectivity index (χ1v) is 6.76. The Morgan fingerprint density at radius 2 is 2.14 bits per heavy atom. The quantitative estimate of drug-likeness (QED) is 0.875. The average Bonchev–Trinajstić information content (AvgIpc) is 2.47. The molecule has 1 heterocycles. The number of benzene rings is 1. The fraction of sp³-hybridized carbons (Fsp3) is 0.250. The van der Waals surface area contributed by atoms with Crippen molar-refractivity contribution >= 4 is 23.2 Å². The number of ether oxygens (including phenoxy) is 1. The highest BCUT2D eigenvalue weighted by molar-refractivity contribution is 5.95. The molecule has 2 N–H and O–H groups in total. The summed E-state index contributed by atoms with van der Waals surface area (Å²) in [6.45, 7) is 4.09. The van der Waals surface area contributed by atoms with Crippen LogP contribution in [0.5, 0.6) is 0 Å². The number of pyridine rings is 1. The highest BCUT2D eigenvalue weighted by Crippen LogP contribution is 2.25. The maximum atomic E-state index is 11.9. The lowest BCUT2D eigenvalue weighted by atomic mass is 10.2. The Labute approximate surface area is 124 Å². The average molecular weight is 285 g/mol. The van der Waals surface area contributed by atoms with Crippen molar-refractivity contribution in [3.63, 3.8) is 0 Å². The summed E-state index contributed by atoms with van der Waals surface area (Å²) in [6, 6.07) is 9.68. The molecule has 21 heavy (non-hydrogen) atoms. The van der Waals surface area contributed by atoms with Crippen molar-refractivity contribution in [1.29, 1.82) is 0 Å². The van der Waals surface area contributed by atoms with Crippen molar-refractivity contribution in [2.24, 2.45) is 0 Å². The molecule has 0 bridgehead atoms. The van der Waals surface area contributed by atoms with Gasteiger partial charge in [-0.05, 0) is 37.6 Å². The van der Waals surface area contributed by atoms with Crippen LogP contribution in [-0.2, 0) is 4.74 Å². The van der Waals surface area contributed by atoms with E-state index in [1.807, 2.05) is 43.1 Å². The minimum Gasteiger partial charge on any atom is -0.462 e. The maximum Gasteiger partial charge on any atom is 0.340 e. The van der Waals surface area contributed by atoms with Crippen molar-refractivity contribution in [3.05, 3.63) is 47.7 Å². The Morgan fingerprint density at radius 3 is 2.81 bits per heavy atom. The molecule has 2 aromatic rings. The van der Waals surface area contributed by atoms with Gasteiger partial charge in [0.15, 0.2) is 0 Å². The molecule has 0 aliphatic heterocycles. The van der Waals surface area contributed by atoms with Crippen LogP contribution in [0.3, 0.4) is 0 Å². The van der Waals surface area contributed by atoms with Gasteiger partial charge in [0.25, 0.3) is 0 Å². The summed E-state index contributed by atoms with van der Waals surface area (Å²) in [5, 5.41) is 0. The molecule has 0 aliphatic carbocycles. The van der Waals surface area contributed by atoms with E-state index in [2.05, 4.69) is 4.98 Å². The predicted molar refractivity (Wildman–Crippen MR) is 83.8 cm³/mol. The highest BCUT2D eigenvalue weighted by Gasteiger charge is 2.15. The number of nitrogens with two attached hydrogens (primary N) is 1. The number of esters is 1. The maximum absolute atomic E-state index is 11.9. The molecule has 0 amide bonds. The standard InChI is InChI=1S/C16H19N3O2/c1-4-21-16(20)13-9-15(18-10-14(13)17)19(3)12-7-5-6-11(2)8-12/h5-10H,4,17H2,1-3H3. The number of carbonyl (C=O) groups is 1. The fourth-order valence-electron chi connectivity index (χ4n) is 1.99. The zero-order valence-corrected chi connectivity index (χ0v) is 12.5. The van der Waals surface area contributed by atoms with E-state index in [0.717, 1.165) is 11.3 Å². The molecule has 5 nitrogen and oxygen atoms in total. The van der Waals surface area contributed by atoms with Crippen LogP contribution in [0.25, 0.3) is 0 Å². The highest BCUT2D eigenvalue weighted by atomic mass is 16.5. The van der Waals surface area contributed by atoms with Crippen LogP contribution in [0.4, 0.5) is 17.2 Å². The van der Waals surface area contributed by atoms with Crippen LogP contribution in [0.1, 0.15) is 22.8 Å². The van der Waals surface area contributed by atoms with Gasteiger partial charge >= 0.3 is 5.97 Å². The Kier molecular flexibility index (Phi) is 4.42. The number of hydrogen-bond donors (Lipinski definition) is 1. The molecule has 1 aromatic heterocycles. The van der Waals surface area contributed by atoms with Gasteiger partial charge in [0.1, 0.15) is 5.82 Å². The minimum atomic E-state index is -0.434. The first-order valence-electron chi connectivity index (χ1n) is 6.76. The zero-order chi connectivity index (χ0) is 15.4. The van der Waals surface area contributed by atoms with Gasteiger partial charge < -0.3 is 15.4 Å². The summed E-state index contributed by atoms with van der Waals surface area (Å²) in [5.74, 6) is 0.203. The number of anilines is 3. The second-order valence-corrected chi connectivity index (χ2v) is 4.75. The van der Waals surface area contributed by atoms with Crippen molar-refractivity contribution in [2.75, 3.05) is 24.3 Å². The molecule has 2 rings (SSSR count). The molecule has 0 saturated heterocycles. The Balaban J connectivity index is 2.36. The van der Waals surface area contributed by atoms with Gasteiger partial charge in [-0.25, -0.2) is 9.78 Å². The van der Waals surface area contributed by atoms with E-state index in [1.54, 1.807) is 13.0 Å². The van der Waals surface area contributed by atoms with Crippen LogP contribution in [0, 0.1) is 6.92 Å². The van der Waals surface area contributed by atoms with E-state index >= 15 is 0 Å². The van der Waals surface area contributed by atoms with Crippen LogP contribution in [-0.4, -0.2) is 24.6 Å². The third-order valence-corrected chi connectivity index (χ3v) is 3.15. The van der Waals surface area contributed by atoms with E-state index in [0.29, 0.717) is 23.7 Å². The molecule has 0 saturated carbocycles. The molecule has 0 fully saturated rings. The van der Waals surface area contributed by atoms with Gasteiger partial charge in [0, 0.05) is 12.7 Å². The normalized spacial score (nSPS) is 10.2. The first kappa shape index (κ1) is 14.8. The van der Waals surface area contributed by atoms with E-state index < -0.39 is 5.97 Å². The Bertz CT molecular complexity index is 656. The van der Waals surface area contributed by atoms with Gasteiger partial charge in [-0.15, -0.1) is 0 Å². The number of aryl methyl sites for hydroxylation is 1. The molecule has 1 aromatic carbocycles. The largest absolute Gasteiger partial charge is 0.462 e. The number of carbonyl (C=O) groups excluding carboxylic acids is 1. The first-order chi connectivity index (χ1) is 10.0. The lowest BCUT2D eigenvalue weighted by Gasteiger charge is -2.19. The van der Waals surface area contributed by atoms with E-state index in [1.165, 1.54) is 6.20 Å². The second kappa shape index (κ2) is 6.26. The molecule has 0 unspecified atom stereocenters. The zero-order valence-electron chi connectivity index (χ0n) is 12.5. The Hall–Kier alpha value is -2.56. The lowest BCUT2D eigenvalue weighted by Crippen LogP contribution is -2.14. The summed E-state index contributed by atoms with van der Waals surface area (Å²) in [7, 11) is 1.89. The summed E-state index contributed by atoms with van der Waals surface area (Å²) in [4.78, 5) is 18.1. The molecular weight excluding hydrogens is 266 g/mol. The third kappa shape index (κ3) is 3.31. The van der Waals surface area contributed by atoms with E-state index in [9.17, 15) is 4.79 Å². The van der Waals surface area contributed by atoms with E-state index in [4.69, 9.17) is 10.5 Å². The molecule has 5 heteroatoms. The number of nitrogen functional groups attached to an aromatic ring is 1. The van der Waals surface area contributed by atoms with Crippen molar-refractivity contribution in [1.82, 2.24) is 4.98 Å². The van der Waals surface area contributed by atoms with Gasteiger partial charge in [-0.2, -0.15) is 0 Å². The minimum absolute atomic E-state index is 0.309. The van der Waals surface area contributed by atoms with Gasteiger partial charge in [0.2, 0.25) is 0 Å². The monoisotopic (exact) mass is 285 g/mol. The third-order valence-electron chi connectivity index (χ3n) is 3.15. The number of hydrogen-bond acceptors (Lipinski definition) is 5. The summed E-state index contributed by atoms with van der Waals surface area (Å²) < 4.78 is 5.00. The molecule has 0 atom stereocenters. The Morgan fingerprint density at radius 1 is 1.38 bits per heavy atom. The van der Waals surface area contributed by atoms with Crippen molar-refractivity contribution in [2.45, 2.75) is 13.8 Å². The fourth-order valence-corrected chi connectivity index (χ4v) is 1.99. The molecule has 0 aliphatic rings.